The fourth-order valence-corrected chi connectivity index (χ4v) is 9.51. The summed E-state index contributed by atoms with van der Waals surface area (Å²) in [5.41, 5.74) is 13.6. The van der Waals surface area contributed by atoms with Gasteiger partial charge in [0.15, 0.2) is 11.5 Å². The zero-order chi connectivity index (χ0) is 48.5. The second kappa shape index (κ2) is 21.2. The lowest BCUT2D eigenvalue weighted by atomic mass is 9.77. The van der Waals surface area contributed by atoms with Gasteiger partial charge in [-0.3, -0.25) is 4.90 Å². The summed E-state index contributed by atoms with van der Waals surface area (Å²) in [6, 6.07) is 53.3. The van der Waals surface area contributed by atoms with Crippen molar-refractivity contribution in [3.05, 3.63) is 197 Å². The molecule has 2 N–H and O–H groups in total. The standard InChI is InChI=1S/C56H58N8O4S/c1-7-9-29-50-58-48(38-69-44-34-35-47(57)49(36-44)62(6)54(66)68-55(3,4)5)51(53(65)67-8-2)63(50)37-39-30-32-40(33-31-39)45-27-19-20-28-46(45)52-59-60-61-64(52)56(41-21-13-10-14-22-41,42-23-15-11-16-24-42)43-25-17-12-18-26-43/h10-28,30-36H,7-9,29,37-38,57H2,1-6H3. The molecule has 8 rings (SSSR count). The van der Waals surface area contributed by atoms with E-state index in [1.807, 2.05) is 116 Å². The first-order chi connectivity index (χ1) is 33.4. The van der Waals surface area contributed by atoms with Gasteiger partial charge in [0.1, 0.15) is 17.0 Å². The molecule has 6 aromatic carbocycles. The molecule has 0 saturated heterocycles. The Morgan fingerprint density at radius 2 is 1.35 bits per heavy atom. The zero-order valence-electron chi connectivity index (χ0n) is 40.0. The Kier molecular flexibility index (Phi) is 14.7. The van der Waals surface area contributed by atoms with E-state index >= 15 is 0 Å². The Morgan fingerprint density at radius 3 is 1.93 bits per heavy atom. The highest BCUT2D eigenvalue weighted by molar-refractivity contribution is 7.98. The van der Waals surface area contributed by atoms with Crippen molar-refractivity contribution in [3.8, 4) is 22.5 Å². The van der Waals surface area contributed by atoms with Crippen molar-refractivity contribution in [1.29, 1.82) is 0 Å². The number of carbonyl (C=O) groups is 2. The van der Waals surface area contributed by atoms with E-state index in [2.05, 4.69) is 84.9 Å². The highest BCUT2D eigenvalue weighted by Crippen LogP contribution is 2.43. The van der Waals surface area contributed by atoms with Gasteiger partial charge in [-0.15, -0.1) is 16.9 Å². The molecule has 8 aromatic rings. The molecule has 69 heavy (non-hydrogen) atoms. The average Bonchev–Trinajstić information content (AvgIpc) is 3.99. The molecule has 0 atom stereocenters. The normalized spacial score (nSPS) is 11.6. The number of nitrogens with zero attached hydrogens (tertiary/aromatic N) is 7. The molecule has 0 fully saturated rings. The number of nitrogens with two attached hydrogens (primary N) is 1. The van der Waals surface area contributed by atoms with Gasteiger partial charge in [0.05, 0.1) is 23.7 Å². The second-order valence-corrected chi connectivity index (χ2v) is 18.8. The number of aryl methyl sites for hydroxylation is 1. The molecule has 0 aliphatic rings. The van der Waals surface area contributed by atoms with Crippen LogP contribution in [0.4, 0.5) is 16.2 Å². The molecule has 12 nitrogen and oxygen atoms in total. The molecule has 0 spiro atoms. The Labute approximate surface area is 408 Å². The molecule has 0 aliphatic carbocycles. The van der Waals surface area contributed by atoms with Crippen molar-refractivity contribution in [1.82, 2.24) is 29.8 Å². The molecule has 0 unspecified atom stereocenters. The number of thioether (sulfide) groups is 1. The predicted molar refractivity (Wildman–Crippen MR) is 274 cm³/mol. The summed E-state index contributed by atoms with van der Waals surface area (Å²) in [6.07, 6.45) is 2.05. The minimum absolute atomic E-state index is 0.222. The first-order valence-electron chi connectivity index (χ1n) is 23.3. The van der Waals surface area contributed by atoms with E-state index in [4.69, 9.17) is 30.5 Å². The van der Waals surface area contributed by atoms with Crippen LogP contribution in [0.1, 0.15) is 91.7 Å². The van der Waals surface area contributed by atoms with Crippen LogP contribution >= 0.6 is 11.8 Å². The molecule has 2 heterocycles. The number of rotatable bonds is 17. The fourth-order valence-electron chi connectivity index (χ4n) is 8.65. The molecule has 0 saturated carbocycles. The average molecular weight is 939 g/mol. The largest absolute Gasteiger partial charge is 0.461 e. The fraction of sp³-hybridized carbons (Fsp3) is 0.250. The first kappa shape index (κ1) is 48.0. The van der Waals surface area contributed by atoms with Gasteiger partial charge >= 0.3 is 12.1 Å². The van der Waals surface area contributed by atoms with Crippen molar-refractivity contribution in [2.45, 2.75) is 82.2 Å². The van der Waals surface area contributed by atoms with Gasteiger partial charge in [-0.05, 0) is 96.1 Å². The van der Waals surface area contributed by atoms with Crippen LogP contribution in [-0.4, -0.2) is 61.1 Å². The number of hydrogen-bond donors (Lipinski definition) is 1. The highest BCUT2D eigenvalue weighted by Gasteiger charge is 2.42. The molecule has 0 bridgehead atoms. The monoisotopic (exact) mass is 938 g/mol. The predicted octanol–water partition coefficient (Wildman–Crippen LogP) is 11.9. The number of amides is 1. The third kappa shape index (κ3) is 10.3. The van der Waals surface area contributed by atoms with Gasteiger partial charge in [-0.2, -0.15) is 0 Å². The summed E-state index contributed by atoms with van der Waals surface area (Å²) in [4.78, 5) is 34.3. The van der Waals surface area contributed by atoms with Crippen molar-refractivity contribution in [3.63, 3.8) is 0 Å². The number of unbranched alkanes of at least 4 members (excludes halogenated alkanes) is 1. The molecule has 1 amide bonds. The Hall–Kier alpha value is -7.51. The Bertz CT molecular complexity index is 2910. The summed E-state index contributed by atoms with van der Waals surface area (Å²) >= 11 is 1.50. The van der Waals surface area contributed by atoms with Gasteiger partial charge in [0.2, 0.25) is 0 Å². The van der Waals surface area contributed by atoms with Crippen LogP contribution in [0.3, 0.4) is 0 Å². The highest BCUT2D eigenvalue weighted by atomic mass is 32.2. The van der Waals surface area contributed by atoms with Gasteiger partial charge < -0.3 is 19.8 Å². The maximum Gasteiger partial charge on any atom is 0.414 e. The number of esters is 1. The first-order valence-corrected chi connectivity index (χ1v) is 24.3. The quantitative estimate of drug-likeness (QED) is 0.0405. The lowest BCUT2D eigenvalue weighted by Crippen LogP contribution is -2.39. The summed E-state index contributed by atoms with van der Waals surface area (Å²) in [7, 11) is 1.64. The third-order valence-corrected chi connectivity index (χ3v) is 12.9. The van der Waals surface area contributed by atoms with E-state index in [1.54, 1.807) is 13.1 Å². The van der Waals surface area contributed by atoms with Crippen molar-refractivity contribution in [2.24, 2.45) is 0 Å². The van der Waals surface area contributed by atoms with E-state index in [-0.39, 0.29) is 6.61 Å². The SMILES string of the molecule is CCCCc1nc(CSc2ccc(N)c(N(C)C(=O)OC(C)(C)C)c2)c(C(=O)OCC)n1Cc1ccc(-c2ccccc2-c2nnnn2C(c2ccccc2)(c2ccccc2)c2ccccc2)cc1. The number of aromatic nitrogens is 6. The number of ether oxygens (including phenoxy) is 2. The number of anilines is 2. The van der Waals surface area contributed by atoms with Crippen LogP contribution in [0.5, 0.6) is 0 Å². The van der Waals surface area contributed by atoms with E-state index in [1.165, 1.54) is 16.7 Å². The summed E-state index contributed by atoms with van der Waals surface area (Å²) in [6.45, 7) is 10.0. The van der Waals surface area contributed by atoms with Crippen molar-refractivity contribution < 1.29 is 19.1 Å². The zero-order valence-corrected chi connectivity index (χ0v) is 40.8. The lowest BCUT2D eigenvalue weighted by Gasteiger charge is -2.36. The molecule has 2 aromatic heterocycles. The molecular formula is C56H58N8O4S. The number of nitrogen functional groups attached to an aromatic ring is 1. The number of tetrazole rings is 1. The summed E-state index contributed by atoms with van der Waals surface area (Å²) in [5, 5.41) is 13.9. The van der Waals surface area contributed by atoms with Crippen LogP contribution in [0.2, 0.25) is 0 Å². The van der Waals surface area contributed by atoms with Gasteiger partial charge in [-0.25, -0.2) is 19.3 Å². The van der Waals surface area contributed by atoms with E-state index in [9.17, 15) is 9.59 Å². The number of benzene rings is 6. The van der Waals surface area contributed by atoms with E-state index in [0.717, 1.165) is 62.5 Å². The summed E-state index contributed by atoms with van der Waals surface area (Å²) < 4.78 is 15.3. The minimum Gasteiger partial charge on any atom is -0.461 e. The van der Waals surface area contributed by atoms with Crippen molar-refractivity contribution in [2.75, 3.05) is 24.3 Å². The maximum absolute atomic E-state index is 13.9. The van der Waals surface area contributed by atoms with Crippen molar-refractivity contribution >= 4 is 35.2 Å². The van der Waals surface area contributed by atoms with E-state index in [0.29, 0.717) is 47.3 Å². The van der Waals surface area contributed by atoms with Crippen LogP contribution in [-0.2, 0) is 33.7 Å². The molecule has 0 aliphatic heterocycles. The minimum atomic E-state index is -0.912. The third-order valence-electron chi connectivity index (χ3n) is 11.9. The molecular weight excluding hydrogens is 881 g/mol. The maximum atomic E-state index is 13.9. The molecule has 13 heteroatoms. The smallest absolute Gasteiger partial charge is 0.414 e. The van der Waals surface area contributed by atoms with Gasteiger partial charge in [-0.1, -0.05) is 153 Å². The van der Waals surface area contributed by atoms with Crippen LogP contribution < -0.4 is 10.6 Å². The van der Waals surface area contributed by atoms with Crippen LogP contribution in [0, 0.1) is 0 Å². The molecule has 0 radical (unpaired) electrons. The second-order valence-electron chi connectivity index (χ2n) is 17.7. The Balaban J connectivity index is 1.13. The van der Waals surface area contributed by atoms with E-state index < -0.39 is 23.2 Å². The number of carbonyl (C=O) groups excluding carboxylic acids is 2. The topological polar surface area (TPSA) is 143 Å². The molecule has 352 valence electrons. The number of hydrogen-bond acceptors (Lipinski definition) is 10. The Morgan fingerprint density at radius 1 is 0.754 bits per heavy atom. The van der Waals surface area contributed by atoms with Crippen LogP contribution in [0.25, 0.3) is 22.5 Å². The summed E-state index contributed by atoms with van der Waals surface area (Å²) in [5.74, 6) is 1.39. The van der Waals surface area contributed by atoms with Crippen LogP contribution in [0.15, 0.2) is 163 Å². The van der Waals surface area contributed by atoms with Gasteiger partial charge in [0.25, 0.3) is 0 Å². The van der Waals surface area contributed by atoms with Gasteiger partial charge in [0, 0.05) is 36.2 Å². The number of imidazole rings is 1. The lowest BCUT2D eigenvalue weighted by molar-refractivity contribution is 0.0511.